The minimum Gasteiger partial charge on any atom is -0.481 e. The van der Waals surface area contributed by atoms with Crippen molar-refractivity contribution in [3.05, 3.63) is 24.8 Å². The monoisotopic (exact) mass is 282 g/mol. The number of ether oxygens (including phenoxy) is 2. The van der Waals surface area contributed by atoms with Crippen LogP contribution in [-0.2, 0) is 23.9 Å². The van der Waals surface area contributed by atoms with Crippen LogP contribution in [0.25, 0.3) is 0 Å². The van der Waals surface area contributed by atoms with Crippen LogP contribution in [0.15, 0.2) is 24.8 Å². The van der Waals surface area contributed by atoms with Crippen LogP contribution >= 0.6 is 0 Å². The molecule has 0 saturated carbocycles. The highest BCUT2D eigenvalue weighted by Crippen LogP contribution is 2.26. The first-order valence-corrected chi connectivity index (χ1v) is 6.42. The molecule has 20 heavy (non-hydrogen) atoms. The zero-order valence-corrected chi connectivity index (χ0v) is 11.3. The summed E-state index contributed by atoms with van der Waals surface area (Å²) in [4.78, 5) is 34.2. The van der Waals surface area contributed by atoms with Gasteiger partial charge in [0.05, 0.1) is 11.8 Å². The number of carboxylic acids is 1. The normalized spacial score (nSPS) is 22.6. The van der Waals surface area contributed by atoms with Crippen molar-refractivity contribution in [3.63, 3.8) is 0 Å². The number of esters is 2. The molecule has 1 aliphatic rings. The minimum atomic E-state index is -1.03. The van der Waals surface area contributed by atoms with Crippen molar-refractivity contribution in [3.8, 4) is 0 Å². The summed E-state index contributed by atoms with van der Waals surface area (Å²) in [5.74, 6) is -4.08. The molecule has 0 radical (unpaired) electrons. The van der Waals surface area contributed by atoms with Gasteiger partial charge in [-0.25, -0.2) is 4.79 Å². The molecule has 3 atom stereocenters. The highest BCUT2D eigenvalue weighted by Gasteiger charge is 2.35. The van der Waals surface area contributed by atoms with E-state index in [2.05, 4.69) is 6.58 Å². The number of aliphatic carboxylic acids is 1. The number of hydrogen-bond acceptors (Lipinski definition) is 5. The Morgan fingerprint density at radius 3 is 2.70 bits per heavy atom. The summed E-state index contributed by atoms with van der Waals surface area (Å²) >= 11 is 0. The molecule has 0 spiro atoms. The zero-order valence-electron chi connectivity index (χ0n) is 11.3. The molecular formula is C14H18O6. The highest BCUT2D eigenvalue weighted by molar-refractivity contribution is 5.83. The molecule has 0 saturated heterocycles. The van der Waals surface area contributed by atoms with Gasteiger partial charge in [0.15, 0.2) is 0 Å². The van der Waals surface area contributed by atoms with E-state index in [9.17, 15) is 14.4 Å². The number of rotatable bonds is 6. The maximum absolute atomic E-state index is 12.0. The largest absolute Gasteiger partial charge is 0.481 e. The molecule has 1 rings (SSSR count). The van der Waals surface area contributed by atoms with Gasteiger partial charge in [-0.15, -0.1) is 0 Å². The van der Waals surface area contributed by atoms with Gasteiger partial charge in [0.1, 0.15) is 0 Å². The Labute approximate surface area is 117 Å². The van der Waals surface area contributed by atoms with Crippen molar-refractivity contribution < 1.29 is 29.0 Å². The van der Waals surface area contributed by atoms with Gasteiger partial charge in [0.2, 0.25) is 6.29 Å². The van der Waals surface area contributed by atoms with Gasteiger partial charge >= 0.3 is 17.9 Å². The second kappa shape index (κ2) is 7.47. The van der Waals surface area contributed by atoms with Crippen LogP contribution in [0.5, 0.6) is 0 Å². The minimum absolute atomic E-state index is 0.277. The van der Waals surface area contributed by atoms with Gasteiger partial charge in [0, 0.05) is 12.5 Å². The van der Waals surface area contributed by atoms with Gasteiger partial charge in [-0.2, -0.15) is 0 Å². The lowest BCUT2D eigenvalue weighted by atomic mass is 9.84. The third kappa shape index (κ3) is 4.22. The molecule has 110 valence electrons. The molecule has 3 unspecified atom stereocenters. The van der Waals surface area contributed by atoms with E-state index < -0.39 is 36.0 Å². The predicted molar refractivity (Wildman–Crippen MR) is 69.4 cm³/mol. The Balaban J connectivity index is 2.69. The Hall–Kier alpha value is -2.11. The lowest BCUT2D eigenvalue weighted by Gasteiger charge is -2.24. The third-order valence-corrected chi connectivity index (χ3v) is 3.01. The molecule has 6 heteroatoms. The van der Waals surface area contributed by atoms with E-state index in [0.717, 1.165) is 6.08 Å². The average molecular weight is 282 g/mol. The summed E-state index contributed by atoms with van der Waals surface area (Å²) in [7, 11) is 0. The Kier molecular flexibility index (Phi) is 5.96. The van der Waals surface area contributed by atoms with Crippen LogP contribution in [0.2, 0.25) is 0 Å². The zero-order chi connectivity index (χ0) is 15.1. The highest BCUT2D eigenvalue weighted by atomic mass is 16.7. The van der Waals surface area contributed by atoms with Crippen molar-refractivity contribution in [2.75, 3.05) is 0 Å². The Morgan fingerprint density at radius 2 is 2.15 bits per heavy atom. The van der Waals surface area contributed by atoms with E-state index >= 15 is 0 Å². The maximum atomic E-state index is 12.0. The molecule has 0 fully saturated rings. The summed E-state index contributed by atoms with van der Waals surface area (Å²) < 4.78 is 9.88. The van der Waals surface area contributed by atoms with Gasteiger partial charge in [0.25, 0.3) is 0 Å². The number of carboxylic acid groups (broad SMARTS) is 1. The van der Waals surface area contributed by atoms with E-state index in [4.69, 9.17) is 14.6 Å². The maximum Gasteiger partial charge on any atom is 0.333 e. The van der Waals surface area contributed by atoms with E-state index in [0.29, 0.717) is 12.8 Å². The number of carbonyl (C=O) groups is 3. The molecule has 0 aromatic heterocycles. The third-order valence-electron chi connectivity index (χ3n) is 3.01. The number of allylic oxidation sites excluding steroid dienone is 1. The fraction of sp³-hybridized carbons (Fsp3) is 0.500. The molecule has 6 nitrogen and oxygen atoms in total. The van der Waals surface area contributed by atoms with E-state index in [1.807, 2.05) is 0 Å². The molecule has 0 aromatic rings. The SMILES string of the molecule is C=CC(=O)OC(CC)OC(=O)C1C=CCCC1C(=O)O. The van der Waals surface area contributed by atoms with E-state index in [-0.39, 0.29) is 6.42 Å². The lowest BCUT2D eigenvalue weighted by Crippen LogP contribution is -2.34. The van der Waals surface area contributed by atoms with Crippen LogP contribution < -0.4 is 0 Å². The smallest absolute Gasteiger partial charge is 0.333 e. The van der Waals surface area contributed by atoms with Crippen molar-refractivity contribution in [2.45, 2.75) is 32.5 Å². The summed E-state index contributed by atoms with van der Waals surface area (Å²) in [6.07, 6.45) is 4.50. The molecule has 0 heterocycles. The van der Waals surface area contributed by atoms with Crippen LogP contribution in [0.4, 0.5) is 0 Å². The second-order valence-electron chi connectivity index (χ2n) is 4.39. The fourth-order valence-electron chi connectivity index (χ4n) is 1.93. The molecule has 0 aliphatic heterocycles. The first-order valence-electron chi connectivity index (χ1n) is 6.42. The van der Waals surface area contributed by atoms with Gasteiger partial charge in [-0.1, -0.05) is 25.7 Å². The molecule has 1 N–H and O–H groups in total. The summed E-state index contributed by atoms with van der Waals surface area (Å²) in [5.41, 5.74) is 0. The van der Waals surface area contributed by atoms with Gasteiger partial charge in [-0.3, -0.25) is 9.59 Å². The van der Waals surface area contributed by atoms with Crippen LogP contribution in [0.1, 0.15) is 26.2 Å². The standard InChI is InChI=1S/C14H18O6/c1-3-11(15)19-12(4-2)20-14(18)10-8-6-5-7-9(10)13(16)17/h3,6,8-10,12H,1,4-5,7H2,2H3,(H,16,17). The second-order valence-corrected chi connectivity index (χ2v) is 4.39. The van der Waals surface area contributed by atoms with Crippen molar-refractivity contribution >= 4 is 17.9 Å². The Morgan fingerprint density at radius 1 is 1.45 bits per heavy atom. The summed E-state index contributed by atoms with van der Waals surface area (Å²) in [6, 6.07) is 0. The summed E-state index contributed by atoms with van der Waals surface area (Å²) in [6.45, 7) is 4.93. The fourth-order valence-corrected chi connectivity index (χ4v) is 1.93. The van der Waals surface area contributed by atoms with Crippen molar-refractivity contribution in [2.24, 2.45) is 11.8 Å². The van der Waals surface area contributed by atoms with Crippen LogP contribution in [0, 0.1) is 11.8 Å². The van der Waals surface area contributed by atoms with E-state index in [1.54, 1.807) is 13.0 Å². The summed E-state index contributed by atoms with van der Waals surface area (Å²) in [5, 5.41) is 9.09. The van der Waals surface area contributed by atoms with Gasteiger partial charge < -0.3 is 14.6 Å². The van der Waals surface area contributed by atoms with Gasteiger partial charge in [-0.05, 0) is 12.8 Å². The number of hydrogen-bond donors (Lipinski definition) is 1. The van der Waals surface area contributed by atoms with E-state index in [1.165, 1.54) is 6.08 Å². The molecule has 1 aliphatic carbocycles. The lowest BCUT2D eigenvalue weighted by molar-refractivity contribution is -0.189. The average Bonchev–Trinajstić information content (AvgIpc) is 2.45. The predicted octanol–water partition coefficient (Wildman–Crippen LogP) is 1.66. The molecule has 0 aromatic carbocycles. The molecule has 0 bridgehead atoms. The first-order chi connectivity index (χ1) is 9.49. The quantitative estimate of drug-likeness (QED) is 0.345. The Bertz CT molecular complexity index is 425. The number of carbonyl (C=O) groups excluding carboxylic acids is 2. The first kappa shape index (κ1) is 15.9. The van der Waals surface area contributed by atoms with Crippen LogP contribution in [-0.4, -0.2) is 29.3 Å². The van der Waals surface area contributed by atoms with Crippen molar-refractivity contribution in [1.82, 2.24) is 0 Å². The topological polar surface area (TPSA) is 89.9 Å². The molecule has 0 amide bonds. The van der Waals surface area contributed by atoms with Crippen LogP contribution in [0.3, 0.4) is 0 Å². The molecular weight excluding hydrogens is 264 g/mol. The van der Waals surface area contributed by atoms with Crippen molar-refractivity contribution in [1.29, 1.82) is 0 Å².